The lowest BCUT2D eigenvalue weighted by molar-refractivity contribution is 0.0984. The summed E-state index contributed by atoms with van der Waals surface area (Å²) >= 11 is 1.42. The van der Waals surface area contributed by atoms with Gasteiger partial charge in [-0.3, -0.25) is 9.78 Å². The normalized spacial score (nSPS) is 10.6. The van der Waals surface area contributed by atoms with Crippen LogP contribution in [-0.2, 0) is 12.8 Å². The van der Waals surface area contributed by atoms with Crippen molar-refractivity contribution in [2.45, 2.75) is 10.9 Å². The number of amides is 1. The topological polar surface area (TPSA) is 95.3 Å². The maximum Gasteiger partial charge on any atom is 0.276 e. The van der Waals surface area contributed by atoms with Crippen LogP contribution in [0.15, 0.2) is 41.9 Å². The van der Waals surface area contributed by atoms with E-state index in [0.717, 1.165) is 0 Å². The number of rotatable bonds is 7. The van der Waals surface area contributed by atoms with Crippen molar-refractivity contribution in [2.75, 3.05) is 26.2 Å². The lowest BCUT2D eigenvalue weighted by Crippen LogP contribution is -2.28. The summed E-state index contributed by atoms with van der Waals surface area (Å²) in [6.45, 7) is 0. The van der Waals surface area contributed by atoms with Crippen molar-refractivity contribution in [2.24, 2.45) is 7.05 Å². The van der Waals surface area contributed by atoms with Crippen LogP contribution in [0.25, 0.3) is 0 Å². The van der Waals surface area contributed by atoms with E-state index in [1.807, 2.05) is 6.07 Å². The largest absolute Gasteiger partial charge is 0.481 e. The predicted octanol–water partition coefficient (Wildman–Crippen LogP) is 2.19. The minimum atomic E-state index is -0.172. The molecule has 0 aliphatic heterocycles. The van der Waals surface area contributed by atoms with Gasteiger partial charge in [-0.05, 0) is 12.1 Å². The number of anilines is 1. The van der Waals surface area contributed by atoms with Gasteiger partial charge in [0.15, 0.2) is 5.16 Å². The average Bonchev–Trinajstić information content (AvgIpc) is 3.11. The Morgan fingerprint density at radius 2 is 1.93 bits per heavy atom. The molecule has 0 aliphatic rings. The summed E-state index contributed by atoms with van der Waals surface area (Å²) in [5.41, 5.74) is 1.18. The van der Waals surface area contributed by atoms with E-state index in [1.165, 1.54) is 30.9 Å². The van der Waals surface area contributed by atoms with Crippen LogP contribution in [0.2, 0.25) is 0 Å². The molecular formula is C18H20N6O3S. The second kappa shape index (κ2) is 8.70. The monoisotopic (exact) mass is 400 g/mol. The molecule has 1 amide bonds. The first kappa shape index (κ1) is 19.6. The number of carbonyl (C=O) groups excluding carboxylic acids is 1. The molecule has 0 spiro atoms. The van der Waals surface area contributed by atoms with Crippen molar-refractivity contribution in [1.29, 1.82) is 0 Å². The summed E-state index contributed by atoms with van der Waals surface area (Å²) < 4.78 is 12.1. The molecule has 0 unspecified atom stereocenters. The van der Waals surface area contributed by atoms with Crippen molar-refractivity contribution in [3.8, 4) is 11.8 Å². The van der Waals surface area contributed by atoms with Gasteiger partial charge in [0, 0.05) is 20.3 Å². The molecule has 10 heteroatoms. The number of aromatic nitrogens is 5. The Kier molecular flexibility index (Phi) is 6.09. The Hall–Kier alpha value is -3.14. The average molecular weight is 400 g/mol. The summed E-state index contributed by atoms with van der Waals surface area (Å²) in [4.78, 5) is 31.3. The van der Waals surface area contributed by atoms with E-state index >= 15 is 0 Å². The second-order valence-corrected chi connectivity index (χ2v) is 6.66. The summed E-state index contributed by atoms with van der Waals surface area (Å²) in [7, 11) is 6.57. The number of thioether (sulfide) groups is 1. The van der Waals surface area contributed by atoms with Gasteiger partial charge in [0.2, 0.25) is 11.8 Å². The maximum absolute atomic E-state index is 12.8. The number of hydrogen-bond donors (Lipinski definition) is 0. The first-order valence-corrected chi connectivity index (χ1v) is 9.30. The molecular weight excluding hydrogens is 380 g/mol. The van der Waals surface area contributed by atoms with E-state index < -0.39 is 0 Å². The Bertz CT molecular complexity index is 941. The molecule has 3 aromatic heterocycles. The fraction of sp³-hybridized carbons (Fsp3) is 0.278. The van der Waals surface area contributed by atoms with Gasteiger partial charge in [-0.15, -0.1) is 0 Å². The highest BCUT2D eigenvalue weighted by Crippen LogP contribution is 2.24. The number of imidazole rings is 1. The van der Waals surface area contributed by atoms with E-state index in [9.17, 15) is 4.79 Å². The highest BCUT2D eigenvalue weighted by atomic mass is 32.2. The lowest BCUT2D eigenvalue weighted by atomic mass is 10.3. The molecule has 0 radical (unpaired) electrons. The number of pyridine rings is 1. The van der Waals surface area contributed by atoms with E-state index in [-0.39, 0.29) is 5.91 Å². The van der Waals surface area contributed by atoms with Gasteiger partial charge in [-0.1, -0.05) is 11.8 Å². The van der Waals surface area contributed by atoms with E-state index in [4.69, 9.17) is 9.47 Å². The molecule has 0 fully saturated rings. The Labute approximate surface area is 166 Å². The van der Waals surface area contributed by atoms with Crippen LogP contribution < -0.4 is 14.4 Å². The highest BCUT2D eigenvalue weighted by Gasteiger charge is 2.19. The molecule has 146 valence electrons. The molecule has 0 N–H and O–H groups in total. The minimum Gasteiger partial charge on any atom is -0.481 e. The Morgan fingerprint density at radius 1 is 1.21 bits per heavy atom. The fourth-order valence-electron chi connectivity index (χ4n) is 2.42. The van der Waals surface area contributed by atoms with Crippen LogP contribution in [0.4, 0.5) is 5.69 Å². The molecule has 28 heavy (non-hydrogen) atoms. The predicted molar refractivity (Wildman–Crippen MR) is 105 cm³/mol. The van der Waals surface area contributed by atoms with Gasteiger partial charge >= 0.3 is 0 Å². The highest BCUT2D eigenvalue weighted by molar-refractivity contribution is 7.98. The molecule has 0 saturated heterocycles. The Balaban J connectivity index is 1.74. The van der Waals surface area contributed by atoms with Gasteiger partial charge in [-0.25, -0.2) is 4.98 Å². The maximum atomic E-state index is 12.8. The van der Waals surface area contributed by atoms with Gasteiger partial charge < -0.3 is 18.9 Å². The second-order valence-electron chi connectivity index (χ2n) is 5.72. The fourth-order valence-corrected chi connectivity index (χ4v) is 3.23. The van der Waals surface area contributed by atoms with Gasteiger partial charge in [0.05, 0.1) is 44.1 Å². The van der Waals surface area contributed by atoms with Crippen LogP contribution in [-0.4, -0.2) is 51.7 Å². The first-order valence-electron chi connectivity index (χ1n) is 8.32. The van der Waals surface area contributed by atoms with Crippen molar-refractivity contribution >= 4 is 23.4 Å². The standard InChI is InChI=1S/C18H20N6O3S/c1-23(12-6-5-7-19-9-12)17(25)13-10-20-18(24(13)2)28-11-14-21-15(26-3)8-16(22-14)27-4/h5-10H,11H2,1-4H3. The first-order chi connectivity index (χ1) is 13.5. The zero-order valence-corrected chi connectivity index (χ0v) is 16.8. The quantitative estimate of drug-likeness (QED) is 0.557. The lowest BCUT2D eigenvalue weighted by Gasteiger charge is -2.17. The van der Waals surface area contributed by atoms with E-state index in [2.05, 4.69) is 19.9 Å². The summed E-state index contributed by atoms with van der Waals surface area (Å²) in [5.74, 6) is 1.68. The van der Waals surface area contributed by atoms with Gasteiger partial charge in [0.1, 0.15) is 11.5 Å². The zero-order valence-electron chi connectivity index (χ0n) is 16.0. The third-order valence-corrected chi connectivity index (χ3v) is 5.02. The van der Waals surface area contributed by atoms with Crippen LogP contribution in [0.5, 0.6) is 11.8 Å². The number of ether oxygens (including phenoxy) is 2. The van der Waals surface area contributed by atoms with Crippen LogP contribution in [0, 0.1) is 0 Å². The van der Waals surface area contributed by atoms with Crippen molar-refractivity contribution in [3.05, 3.63) is 48.3 Å². The van der Waals surface area contributed by atoms with Gasteiger partial charge in [-0.2, -0.15) is 9.97 Å². The number of carbonyl (C=O) groups is 1. The number of methoxy groups -OCH3 is 2. The van der Waals surface area contributed by atoms with Crippen LogP contribution >= 0.6 is 11.8 Å². The minimum absolute atomic E-state index is 0.172. The molecule has 9 nitrogen and oxygen atoms in total. The zero-order chi connectivity index (χ0) is 20.1. The molecule has 0 atom stereocenters. The molecule has 3 rings (SSSR count). The molecule has 3 heterocycles. The molecule has 3 aromatic rings. The van der Waals surface area contributed by atoms with Crippen LogP contribution in [0.3, 0.4) is 0 Å². The summed E-state index contributed by atoms with van der Waals surface area (Å²) in [6.07, 6.45) is 4.86. The van der Waals surface area contributed by atoms with Gasteiger partial charge in [0.25, 0.3) is 5.91 Å². The van der Waals surface area contributed by atoms with Crippen LogP contribution in [0.1, 0.15) is 16.3 Å². The van der Waals surface area contributed by atoms with E-state index in [1.54, 1.807) is 49.4 Å². The summed E-state index contributed by atoms with van der Waals surface area (Å²) in [5, 5.41) is 0.674. The van der Waals surface area contributed by atoms with Crippen molar-refractivity contribution in [3.63, 3.8) is 0 Å². The third kappa shape index (κ3) is 4.22. The SMILES string of the molecule is COc1cc(OC)nc(CSc2ncc(C(=O)N(C)c3cccnc3)n2C)n1. The molecule has 0 aromatic carbocycles. The smallest absolute Gasteiger partial charge is 0.276 e. The molecule has 0 saturated carbocycles. The third-order valence-electron chi connectivity index (χ3n) is 3.98. The van der Waals surface area contributed by atoms with Crippen molar-refractivity contribution in [1.82, 2.24) is 24.5 Å². The Morgan fingerprint density at radius 3 is 2.54 bits per heavy atom. The summed E-state index contributed by atoms with van der Waals surface area (Å²) in [6, 6.07) is 5.22. The number of nitrogens with zero attached hydrogens (tertiary/aromatic N) is 6. The van der Waals surface area contributed by atoms with E-state index in [0.29, 0.717) is 39.9 Å². The molecule has 0 bridgehead atoms. The molecule has 0 aliphatic carbocycles. The number of hydrogen-bond acceptors (Lipinski definition) is 8. The van der Waals surface area contributed by atoms with Crippen molar-refractivity contribution < 1.29 is 14.3 Å².